The fraction of sp³-hybridized carbons (Fsp3) is 0.810. The van der Waals surface area contributed by atoms with Crippen molar-refractivity contribution >= 4 is 11.8 Å². The predicted octanol–water partition coefficient (Wildman–Crippen LogP) is 6.01. The van der Waals surface area contributed by atoms with Gasteiger partial charge in [0.15, 0.2) is 0 Å². The zero-order valence-electron chi connectivity index (χ0n) is 16.1. The number of hydrogen-bond acceptors (Lipinski definition) is 3. The molecule has 1 unspecified atom stereocenters. The summed E-state index contributed by atoms with van der Waals surface area (Å²) < 4.78 is 4.62. The van der Waals surface area contributed by atoms with Gasteiger partial charge in [0.25, 0.3) is 0 Å². The highest BCUT2D eigenvalue weighted by atomic mass is 16.5. The summed E-state index contributed by atoms with van der Waals surface area (Å²) >= 11 is 0. The van der Waals surface area contributed by atoms with Gasteiger partial charge in [-0.1, -0.05) is 64.0 Å². The van der Waals surface area contributed by atoms with Gasteiger partial charge < -0.3 is 4.74 Å². The summed E-state index contributed by atoms with van der Waals surface area (Å²) in [4.78, 5) is 22.6. The molecular weight excluding hydrogens is 300 g/mol. The molecular formula is C21H38O3. The van der Waals surface area contributed by atoms with Gasteiger partial charge in [-0.15, -0.1) is 0 Å². The minimum Gasteiger partial charge on any atom is -0.469 e. The standard InChI is InChI=1S/C21H38O3/c1-4-5-6-13-16-20(19(2)22)17-14-11-9-7-8-10-12-15-18-21(23)24-3/h11,14,20H,4-10,12-13,15-18H2,1-3H3/b14-11+. The molecule has 0 bridgehead atoms. The fourth-order valence-corrected chi connectivity index (χ4v) is 2.85. The molecule has 0 N–H and O–H groups in total. The number of carbonyl (C=O) groups excluding carboxylic acids is 2. The van der Waals surface area contributed by atoms with Crippen LogP contribution in [0.25, 0.3) is 0 Å². The SMILES string of the molecule is CCCCCCC(C/C=C/CCCCCCCC(=O)OC)C(C)=O. The molecule has 0 amide bonds. The number of methoxy groups -OCH3 is 1. The second-order valence-corrected chi connectivity index (χ2v) is 6.75. The first-order valence-electron chi connectivity index (χ1n) is 9.84. The van der Waals surface area contributed by atoms with E-state index in [0.717, 1.165) is 32.1 Å². The Hall–Kier alpha value is -1.12. The summed E-state index contributed by atoms with van der Waals surface area (Å²) in [5.41, 5.74) is 0. The number of esters is 1. The number of ether oxygens (including phenoxy) is 1. The maximum Gasteiger partial charge on any atom is 0.305 e. The molecule has 0 spiro atoms. The monoisotopic (exact) mass is 338 g/mol. The fourth-order valence-electron chi connectivity index (χ4n) is 2.85. The Morgan fingerprint density at radius 2 is 1.58 bits per heavy atom. The van der Waals surface area contributed by atoms with E-state index >= 15 is 0 Å². The number of hydrogen-bond donors (Lipinski definition) is 0. The third kappa shape index (κ3) is 14.5. The predicted molar refractivity (Wildman–Crippen MR) is 101 cm³/mol. The molecule has 3 nitrogen and oxygen atoms in total. The smallest absolute Gasteiger partial charge is 0.305 e. The van der Waals surface area contributed by atoms with E-state index in [0.29, 0.717) is 12.2 Å². The van der Waals surface area contributed by atoms with Crippen LogP contribution in [0.4, 0.5) is 0 Å². The molecule has 0 saturated heterocycles. The van der Waals surface area contributed by atoms with E-state index in [-0.39, 0.29) is 11.9 Å². The number of ketones is 1. The van der Waals surface area contributed by atoms with E-state index in [9.17, 15) is 9.59 Å². The quantitative estimate of drug-likeness (QED) is 0.196. The molecule has 0 aliphatic carbocycles. The molecule has 3 heteroatoms. The van der Waals surface area contributed by atoms with Crippen molar-refractivity contribution in [3.8, 4) is 0 Å². The van der Waals surface area contributed by atoms with Crippen LogP contribution in [0.15, 0.2) is 12.2 Å². The van der Waals surface area contributed by atoms with Crippen molar-refractivity contribution in [3.05, 3.63) is 12.2 Å². The van der Waals surface area contributed by atoms with Gasteiger partial charge in [-0.3, -0.25) is 9.59 Å². The molecule has 0 aliphatic heterocycles. The minimum atomic E-state index is -0.104. The number of rotatable bonds is 16. The van der Waals surface area contributed by atoms with Crippen LogP contribution in [0, 0.1) is 5.92 Å². The summed E-state index contributed by atoms with van der Waals surface area (Å²) in [7, 11) is 1.44. The van der Waals surface area contributed by atoms with Crippen LogP contribution >= 0.6 is 0 Å². The van der Waals surface area contributed by atoms with Crippen LogP contribution in [-0.2, 0) is 14.3 Å². The minimum absolute atomic E-state index is 0.104. The molecule has 0 radical (unpaired) electrons. The van der Waals surface area contributed by atoms with Crippen molar-refractivity contribution in [3.63, 3.8) is 0 Å². The van der Waals surface area contributed by atoms with Crippen LogP contribution in [0.2, 0.25) is 0 Å². The summed E-state index contributed by atoms with van der Waals surface area (Å²) in [6.07, 6.45) is 18.6. The van der Waals surface area contributed by atoms with E-state index < -0.39 is 0 Å². The molecule has 0 aromatic carbocycles. The zero-order valence-corrected chi connectivity index (χ0v) is 16.1. The van der Waals surface area contributed by atoms with Crippen molar-refractivity contribution in [2.45, 2.75) is 97.3 Å². The van der Waals surface area contributed by atoms with E-state index in [4.69, 9.17) is 0 Å². The average Bonchev–Trinajstić information content (AvgIpc) is 2.57. The topological polar surface area (TPSA) is 43.4 Å². The summed E-state index contributed by atoms with van der Waals surface area (Å²) in [6.45, 7) is 3.94. The van der Waals surface area contributed by atoms with Gasteiger partial charge in [0.2, 0.25) is 0 Å². The summed E-state index contributed by atoms with van der Waals surface area (Å²) in [5.74, 6) is 0.450. The van der Waals surface area contributed by atoms with Gasteiger partial charge in [0.05, 0.1) is 7.11 Å². The number of carbonyl (C=O) groups is 2. The van der Waals surface area contributed by atoms with Crippen LogP contribution in [0.1, 0.15) is 97.3 Å². The maximum atomic E-state index is 11.7. The number of Topliss-reactive ketones (excluding diaryl/α,β-unsaturated/α-hetero) is 1. The van der Waals surface area contributed by atoms with Gasteiger partial charge in [0.1, 0.15) is 5.78 Å². The maximum absolute atomic E-state index is 11.7. The summed E-state index contributed by atoms with van der Waals surface area (Å²) in [5, 5.41) is 0. The van der Waals surface area contributed by atoms with Gasteiger partial charge in [-0.25, -0.2) is 0 Å². The largest absolute Gasteiger partial charge is 0.469 e. The lowest BCUT2D eigenvalue weighted by molar-refractivity contribution is -0.140. The molecule has 0 aliphatic rings. The Morgan fingerprint density at radius 1 is 0.917 bits per heavy atom. The number of unbranched alkanes of at least 4 members (excludes halogenated alkanes) is 8. The molecule has 0 heterocycles. The Morgan fingerprint density at radius 3 is 2.25 bits per heavy atom. The Bertz CT molecular complexity index is 347. The lowest BCUT2D eigenvalue weighted by atomic mass is 9.93. The van der Waals surface area contributed by atoms with Crippen molar-refractivity contribution in [2.24, 2.45) is 5.92 Å². The van der Waals surface area contributed by atoms with Gasteiger partial charge in [0, 0.05) is 12.3 Å². The van der Waals surface area contributed by atoms with E-state index in [1.807, 2.05) is 0 Å². The molecule has 0 saturated carbocycles. The highest BCUT2D eigenvalue weighted by Gasteiger charge is 2.11. The van der Waals surface area contributed by atoms with Gasteiger partial charge >= 0.3 is 5.97 Å². The third-order valence-electron chi connectivity index (χ3n) is 4.55. The lowest BCUT2D eigenvalue weighted by Crippen LogP contribution is -2.09. The molecule has 140 valence electrons. The lowest BCUT2D eigenvalue weighted by Gasteiger charge is -2.10. The van der Waals surface area contributed by atoms with Crippen LogP contribution < -0.4 is 0 Å². The highest BCUT2D eigenvalue weighted by molar-refractivity contribution is 5.78. The van der Waals surface area contributed by atoms with Gasteiger partial charge in [-0.05, 0) is 39.0 Å². The van der Waals surface area contributed by atoms with Crippen molar-refractivity contribution in [1.82, 2.24) is 0 Å². The normalized spacial score (nSPS) is 12.5. The molecule has 24 heavy (non-hydrogen) atoms. The Balaban J connectivity index is 3.59. The molecule has 0 rings (SSSR count). The van der Waals surface area contributed by atoms with Crippen LogP contribution in [0.3, 0.4) is 0 Å². The van der Waals surface area contributed by atoms with Crippen molar-refractivity contribution in [2.75, 3.05) is 7.11 Å². The molecule has 0 fully saturated rings. The van der Waals surface area contributed by atoms with E-state index in [1.54, 1.807) is 6.92 Å². The number of allylic oxidation sites excluding steroid dienone is 2. The van der Waals surface area contributed by atoms with Crippen LogP contribution in [0.5, 0.6) is 0 Å². The van der Waals surface area contributed by atoms with Crippen molar-refractivity contribution < 1.29 is 14.3 Å². The van der Waals surface area contributed by atoms with Crippen LogP contribution in [-0.4, -0.2) is 18.9 Å². The van der Waals surface area contributed by atoms with Gasteiger partial charge in [-0.2, -0.15) is 0 Å². The Labute approximate surface area is 149 Å². The molecule has 0 aromatic rings. The second kappa shape index (κ2) is 16.7. The first kappa shape index (κ1) is 22.9. The first-order valence-corrected chi connectivity index (χ1v) is 9.84. The average molecular weight is 339 g/mol. The highest BCUT2D eigenvalue weighted by Crippen LogP contribution is 2.17. The summed E-state index contributed by atoms with van der Waals surface area (Å²) in [6, 6.07) is 0. The Kier molecular flexibility index (Phi) is 15.9. The second-order valence-electron chi connectivity index (χ2n) is 6.75. The van der Waals surface area contributed by atoms with E-state index in [1.165, 1.54) is 52.1 Å². The first-order chi connectivity index (χ1) is 11.6. The molecule has 0 aromatic heterocycles. The van der Waals surface area contributed by atoms with Crippen molar-refractivity contribution in [1.29, 1.82) is 0 Å². The zero-order chi connectivity index (χ0) is 18.0. The third-order valence-corrected chi connectivity index (χ3v) is 4.55. The van der Waals surface area contributed by atoms with E-state index in [2.05, 4.69) is 23.8 Å². The molecule has 1 atom stereocenters.